The zero-order valence-corrected chi connectivity index (χ0v) is 14.4. The fraction of sp³-hybridized carbons (Fsp3) is 0.333. The van der Waals surface area contributed by atoms with E-state index in [2.05, 4.69) is 36.5 Å². The predicted molar refractivity (Wildman–Crippen MR) is 96.1 cm³/mol. The number of amides is 1. The summed E-state index contributed by atoms with van der Waals surface area (Å²) in [5.74, 6) is 0.505. The van der Waals surface area contributed by atoms with E-state index in [9.17, 15) is 10.1 Å². The van der Waals surface area contributed by atoms with E-state index in [1.807, 2.05) is 35.0 Å². The smallest absolute Gasteiger partial charge is 0.222 e. The first kappa shape index (κ1) is 15.7. The molecule has 2 aromatic carbocycles. The number of hydrogen-bond donors (Lipinski definition) is 0. The lowest BCUT2D eigenvalue weighted by Crippen LogP contribution is -2.41. The third-order valence-corrected chi connectivity index (χ3v) is 5.52. The highest BCUT2D eigenvalue weighted by atomic mass is 16.2. The third-order valence-electron chi connectivity index (χ3n) is 5.52. The third kappa shape index (κ3) is 2.66. The summed E-state index contributed by atoms with van der Waals surface area (Å²) in [5, 5.41) is 9.71. The summed E-state index contributed by atoms with van der Waals surface area (Å²) in [7, 11) is 1.86. The van der Waals surface area contributed by atoms with Gasteiger partial charge in [0, 0.05) is 25.9 Å². The Hall–Kier alpha value is -2.80. The van der Waals surface area contributed by atoms with Crippen molar-refractivity contribution in [1.82, 2.24) is 9.80 Å². The summed E-state index contributed by atoms with van der Waals surface area (Å²) in [4.78, 5) is 15.5. The van der Waals surface area contributed by atoms with Gasteiger partial charge in [0.05, 0.1) is 12.6 Å². The summed E-state index contributed by atoms with van der Waals surface area (Å²) in [6.07, 6.45) is 3.82. The van der Waals surface area contributed by atoms with Crippen molar-refractivity contribution in [3.63, 3.8) is 0 Å². The second-order valence-corrected chi connectivity index (χ2v) is 6.99. The van der Waals surface area contributed by atoms with Gasteiger partial charge in [-0.3, -0.25) is 9.69 Å². The molecule has 0 radical (unpaired) electrons. The Morgan fingerprint density at radius 2 is 1.92 bits per heavy atom. The molecule has 0 aliphatic carbocycles. The van der Waals surface area contributed by atoms with Crippen LogP contribution in [0.2, 0.25) is 0 Å². The van der Waals surface area contributed by atoms with Crippen molar-refractivity contribution in [2.75, 3.05) is 13.6 Å². The molecule has 2 aliphatic heterocycles. The zero-order valence-electron chi connectivity index (χ0n) is 14.4. The summed E-state index contributed by atoms with van der Waals surface area (Å²) in [5.41, 5.74) is 4.89. The van der Waals surface area contributed by atoms with Crippen LogP contribution in [0.25, 0.3) is 11.1 Å². The molecule has 4 rings (SSSR count). The van der Waals surface area contributed by atoms with Crippen molar-refractivity contribution in [3.05, 3.63) is 59.7 Å². The molecule has 126 valence electrons. The molecule has 0 N–H and O–H groups in total. The Morgan fingerprint density at radius 3 is 2.64 bits per heavy atom. The second kappa shape index (κ2) is 6.25. The topological polar surface area (TPSA) is 47.3 Å². The minimum absolute atomic E-state index is 0.0687. The van der Waals surface area contributed by atoms with E-state index in [1.165, 1.54) is 22.3 Å². The number of fused-ring (bicyclic) bond motifs is 1. The first-order chi connectivity index (χ1) is 12.2. The zero-order chi connectivity index (χ0) is 17.4. The summed E-state index contributed by atoms with van der Waals surface area (Å²) < 4.78 is 0. The highest BCUT2D eigenvalue weighted by Crippen LogP contribution is 2.44. The van der Waals surface area contributed by atoms with Gasteiger partial charge in [-0.15, -0.1) is 0 Å². The van der Waals surface area contributed by atoms with Crippen LogP contribution >= 0.6 is 0 Å². The average Bonchev–Trinajstić information content (AvgIpc) is 3.03. The molecule has 1 amide bonds. The molecule has 2 aromatic rings. The van der Waals surface area contributed by atoms with Gasteiger partial charge in [0.15, 0.2) is 6.19 Å². The van der Waals surface area contributed by atoms with Gasteiger partial charge in [-0.05, 0) is 28.7 Å². The average molecular weight is 331 g/mol. The van der Waals surface area contributed by atoms with Crippen molar-refractivity contribution < 1.29 is 4.79 Å². The van der Waals surface area contributed by atoms with Gasteiger partial charge in [-0.2, -0.15) is 5.26 Å². The molecule has 4 heteroatoms. The second-order valence-electron chi connectivity index (χ2n) is 6.99. The molecule has 1 fully saturated rings. The van der Waals surface area contributed by atoms with Crippen LogP contribution in [0.15, 0.2) is 48.5 Å². The number of rotatable bonds is 2. The predicted octanol–water partition coefficient (Wildman–Crippen LogP) is 3.56. The number of likely N-dealkylation sites (tertiary alicyclic amines) is 1. The van der Waals surface area contributed by atoms with Crippen molar-refractivity contribution in [2.24, 2.45) is 5.92 Å². The number of piperidine rings is 1. The molecule has 0 saturated carbocycles. The molecule has 0 aromatic heterocycles. The van der Waals surface area contributed by atoms with Crippen LogP contribution < -0.4 is 0 Å². The SMILES string of the molecule is CN1CC(C2c3cccc(-c4ccccc4)c3CN2C#N)CCC1=O. The molecule has 2 atom stereocenters. The maximum atomic E-state index is 11.8. The van der Waals surface area contributed by atoms with Gasteiger partial charge in [-0.25, -0.2) is 0 Å². The van der Waals surface area contributed by atoms with Crippen molar-refractivity contribution in [1.29, 1.82) is 5.26 Å². The van der Waals surface area contributed by atoms with Crippen LogP contribution in [-0.2, 0) is 11.3 Å². The molecule has 0 spiro atoms. The van der Waals surface area contributed by atoms with Crippen LogP contribution in [0.4, 0.5) is 0 Å². The Morgan fingerprint density at radius 1 is 1.12 bits per heavy atom. The summed E-state index contributed by atoms with van der Waals surface area (Å²) in [6.45, 7) is 1.37. The number of nitrogens with zero attached hydrogens (tertiary/aromatic N) is 3. The summed E-state index contributed by atoms with van der Waals surface area (Å²) in [6, 6.07) is 16.8. The van der Waals surface area contributed by atoms with Gasteiger partial charge < -0.3 is 4.90 Å². The number of nitriles is 1. The van der Waals surface area contributed by atoms with Crippen molar-refractivity contribution >= 4 is 5.91 Å². The van der Waals surface area contributed by atoms with E-state index in [1.54, 1.807) is 0 Å². The van der Waals surface area contributed by atoms with Crippen LogP contribution in [0.5, 0.6) is 0 Å². The lowest BCUT2D eigenvalue weighted by Gasteiger charge is -2.35. The lowest BCUT2D eigenvalue weighted by atomic mass is 9.85. The highest BCUT2D eigenvalue weighted by molar-refractivity contribution is 5.76. The molecular weight excluding hydrogens is 310 g/mol. The summed E-state index contributed by atoms with van der Waals surface area (Å²) >= 11 is 0. The quantitative estimate of drug-likeness (QED) is 0.791. The van der Waals surface area contributed by atoms with Crippen molar-refractivity contribution in [2.45, 2.75) is 25.4 Å². The molecule has 4 nitrogen and oxygen atoms in total. The fourth-order valence-corrected chi connectivity index (χ4v) is 4.29. The van der Waals surface area contributed by atoms with E-state index in [-0.39, 0.29) is 11.9 Å². The highest BCUT2D eigenvalue weighted by Gasteiger charge is 2.39. The first-order valence-electron chi connectivity index (χ1n) is 8.76. The maximum Gasteiger partial charge on any atom is 0.222 e. The lowest BCUT2D eigenvalue weighted by molar-refractivity contribution is -0.133. The van der Waals surface area contributed by atoms with Crippen LogP contribution in [0, 0.1) is 17.4 Å². The molecule has 2 aliphatic rings. The van der Waals surface area contributed by atoms with Gasteiger partial charge in [-0.1, -0.05) is 48.5 Å². The maximum absolute atomic E-state index is 11.8. The number of benzene rings is 2. The molecule has 0 bridgehead atoms. The van der Waals surface area contributed by atoms with Crippen LogP contribution in [0.1, 0.15) is 30.0 Å². The van der Waals surface area contributed by atoms with Crippen molar-refractivity contribution in [3.8, 4) is 17.3 Å². The molecule has 2 heterocycles. The monoisotopic (exact) mass is 331 g/mol. The van der Waals surface area contributed by atoms with Gasteiger partial charge in [0.25, 0.3) is 0 Å². The molecule has 25 heavy (non-hydrogen) atoms. The van der Waals surface area contributed by atoms with E-state index in [0.29, 0.717) is 18.9 Å². The van der Waals surface area contributed by atoms with Gasteiger partial charge in [0.1, 0.15) is 0 Å². The Labute approximate surface area is 148 Å². The van der Waals surface area contributed by atoms with Gasteiger partial charge >= 0.3 is 0 Å². The first-order valence-corrected chi connectivity index (χ1v) is 8.76. The number of carbonyl (C=O) groups is 1. The van der Waals surface area contributed by atoms with E-state index < -0.39 is 0 Å². The fourth-order valence-electron chi connectivity index (χ4n) is 4.29. The van der Waals surface area contributed by atoms with Gasteiger partial charge in [0.2, 0.25) is 5.91 Å². The normalized spacial score (nSPS) is 22.6. The van der Waals surface area contributed by atoms with E-state index >= 15 is 0 Å². The van der Waals surface area contributed by atoms with Crippen LogP contribution in [-0.4, -0.2) is 29.3 Å². The largest absolute Gasteiger partial charge is 0.345 e. The molecule has 1 saturated heterocycles. The van der Waals surface area contributed by atoms with Crippen LogP contribution in [0.3, 0.4) is 0 Å². The number of carbonyl (C=O) groups excluding carboxylic acids is 1. The molecular formula is C21H21N3O. The Balaban J connectivity index is 1.75. The molecule has 2 unspecified atom stereocenters. The number of hydrogen-bond acceptors (Lipinski definition) is 3. The standard InChI is InChI=1S/C21H21N3O/c1-23-12-16(10-11-20(23)25)21-18-9-5-8-17(15-6-3-2-4-7-15)19(18)13-24(21)14-22/h2-9,16,21H,10-13H2,1H3. The Bertz CT molecular complexity index is 840. The van der Waals surface area contributed by atoms with E-state index in [4.69, 9.17) is 0 Å². The minimum atomic E-state index is 0.0687. The minimum Gasteiger partial charge on any atom is -0.345 e. The Kier molecular flexibility index (Phi) is 3.93. The van der Waals surface area contributed by atoms with E-state index in [0.717, 1.165) is 13.0 Å².